The first kappa shape index (κ1) is 17.0. The van der Waals surface area contributed by atoms with Crippen LogP contribution in [0.1, 0.15) is 23.5 Å². The van der Waals surface area contributed by atoms with Crippen molar-refractivity contribution < 1.29 is 9.53 Å². The summed E-state index contributed by atoms with van der Waals surface area (Å²) in [5.41, 5.74) is 3.46. The Bertz CT molecular complexity index is 885. The quantitative estimate of drug-likeness (QED) is 0.691. The maximum Gasteiger partial charge on any atom is 0.258 e. The minimum atomic E-state index is -0.112. The second-order valence-electron chi connectivity index (χ2n) is 6.53. The molecule has 1 unspecified atom stereocenters. The van der Waals surface area contributed by atoms with Gasteiger partial charge in [0.2, 0.25) is 0 Å². The van der Waals surface area contributed by atoms with Crippen LogP contribution in [0.3, 0.4) is 0 Å². The maximum absolute atomic E-state index is 12.2. The molecule has 1 fully saturated rings. The fourth-order valence-corrected chi connectivity index (χ4v) is 4.64. The molecule has 0 spiro atoms. The Morgan fingerprint density at radius 1 is 1.19 bits per heavy atom. The highest BCUT2D eigenvalue weighted by Crippen LogP contribution is 2.39. The predicted molar refractivity (Wildman–Crippen MR) is 107 cm³/mol. The zero-order chi connectivity index (χ0) is 17.8. The number of ether oxygens (including phenoxy) is 1. The number of fused-ring (bicyclic) bond motifs is 1. The first-order valence-electron chi connectivity index (χ1n) is 8.92. The van der Waals surface area contributed by atoms with Gasteiger partial charge in [0.05, 0.1) is 0 Å². The fraction of sp³-hybridized carbons (Fsp3) is 0.286. The molecule has 1 amide bonds. The molecule has 0 saturated carbocycles. The number of nitrogens with one attached hydrogen (secondary N) is 2. The molecule has 1 aromatic heterocycles. The fourth-order valence-electron chi connectivity index (χ4n) is 3.39. The minimum Gasteiger partial charge on any atom is -0.483 e. The average molecular weight is 366 g/mol. The Balaban J connectivity index is 1.43. The van der Waals surface area contributed by atoms with Gasteiger partial charge in [-0.15, -0.1) is 0 Å². The molecule has 2 aromatic carbocycles. The van der Waals surface area contributed by atoms with E-state index in [1.165, 1.54) is 17.7 Å². The number of carbonyl (C=O) groups excluding carboxylic acids is 1. The second-order valence-corrected chi connectivity index (χ2v) is 7.68. The number of hydrogen-bond donors (Lipinski definition) is 2. The number of amides is 1. The standard InChI is InChI=1S/C21H22N2O2S/c24-20(23-11-15-5-2-1-3-6-15)13-25-19-8-4-7-18-21(19)17(12-22-18)16-9-10-26-14-16/h1-8,12,16,22H,9-11,13-14H2,(H,23,24). The number of carbonyl (C=O) groups is 1. The molecule has 1 aliphatic rings. The van der Waals surface area contributed by atoms with E-state index in [1.54, 1.807) is 0 Å². The summed E-state index contributed by atoms with van der Waals surface area (Å²) in [6.07, 6.45) is 3.30. The topological polar surface area (TPSA) is 54.1 Å². The highest BCUT2D eigenvalue weighted by molar-refractivity contribution is 7.99. The van der Waals surface area contributed by atoms with Crippen molar-refractivity contribution in [2.75, 3.05) is 18.1 Å². The van der Waals surface area contributed by atoms with Crippen molar-refractivity contribution in [3.05, 3.63) is 65.9 Å². The maximum atomic E-state index is 12.2. The van der Waals surface area contributed by atoms with Crippen molar-refractivity contribution in [1.82, 2.24) is 10.3 Å². The van der Waals surface area contributed by atoms with Crippen LogP contribution in [0.25, 0.3) is 10.9 Å². The molecule has 4 nitrogen and oxygen atoms in total. The van der Waals surface area contributed by atoms with Crippen molar-refractivity contribution >= 4 is 28.6 Å². The van der Waals surface area contributed by atoms with E-state index in [-0.39, 0.29) is 12.5 Å². The third kappa shape index (κ3) is 3.73. The normalized spacial score (nSPS) is 16.7. The van der Waals surface area contributed by atoms with Gasteiger partial charge in [0.1, 0.15) is 5.75 Å². The second kappa shape index (κ2) is 7.87. The van der Waals surface area contributed by atoms with Gasteiger partial charge in [-0.25, -0.2) is 0 Å². The first-order chi connectivity index (χ1) is 12.8. The SMILES string of the molecule is O=C(COc1cccc2[nH]cc(C3CCSC3)c12)NCc1ccccc1. The molecule has 1 saturated heterocycles. The van der Waals surface area contributed by atoms with Crippen LogP contribution < -0.4 is 10.1 Å². The van der Waals surface area contributed by atoms with Crippen molar-refractivity contribution in [2.24, 2.45) is 0 Å². The lowest BCUT2D eigenvalue weighted by molar-refractivity contribution is -0.123. The van der Waals surface area contributed by atoms with E-state index < -0.39 is 0 Å². The molecule has 3 aromatic rings. The molecule has 0 bridgehead atoms. The Morgan fingerprint density at radius 3 is 2.88 bits per heavy atom. The van der Waals surface area contributed by atoms with E-state index in [0.717, 1.165) is 28.0 Å². The van der Waals surface area contributed by atoms with E-state index in [0.29, 0.717) is 12.5 Å². The number of rotatable bonds is 6. The van der Waals surface area contributed by atoms with Crippen LogP contribution in [-0.2, 0) is 11.3 Å². The van der Waals surface area contributed by atoms with E-state index in [4.69, 9.17) is 4.74 Å². The van der Waals surface area contributed by atoms with Crippen molar-refractivity contribution in [1.29, 1.82) is 0 Å². The minimum absolute atomic E-state index is 0.0238. The molecule has 1 atom stereocenters. The highest BCUT2D eigenvalue weighted by Gasteiger charge is 2.22. The molecule has 134 valence electrons. The van der Waals surface area contributed by atoms with Crippen LogP contribution in [0.15, 0.2) is 54.7 Å². The van der Waals surface area contributed by atoms with Crippen LogP contribution >= 0.6 is 11.8 Å². The molecule has 4 rings (SSSR count). The summed E-state index contributed by atoms with van der Waals surface area (Å²) in [6, 6.07) is 15.9. The van der Waals surface area contributed by atoms with Crippen molar-refractivity contribution in [3.63, 3.8) is 0 Å². The molecule has 0 aliphatic carbocycles. The van der Waals surface area contributed by atoms with Gasteiger partial charge in [-0.05, 0) is 41.4 Å². The van der Waals surface area contributed by atoms with Gasteiger partial charge in [-0.2, -0.15) is 11.8 Å². The summed E-state index contributed by atoms with van der Waals surface area (Å²) >= 11 is 2.00. The third-order valence-electron chi connectivity index (χ3n) is 4.76. The summed E-state index contributed by atoms with van der Waals surface area (Å²) in [7, 11) is 0. The van der Waals surface area contributed by atoms with Crippen LogP contribution in [0.2, 0.25) is 0 Å². The lowest BCUT2D eigenvalue weighted by Gasteiger charge is -2.12. The third-order valence-corrected chi connectivity index (χ3v) is 5.92. The lowest BCUT2D eigenvalue weighted by Crippen LogP contribution is -2.28. The zero-order valence-electron chi connectivity index (χ0n) is 14.5. The molecule has 2 N–H and O–H groups in total. The van der Waals surface area contributed by atoms with Crippen LogP contribution in [-0.4, -0.2) is 29.0 Å². The monoisotopic (exact) mass is 366 g/mol. The smallest absolute Gasteiger partial charge is 0.258 e. The van der Waals surface area contributed by atoms with Gasteiger partial charge in [0.15, 0.2) is 6.61 Å². The number of thioether (sulfide) groups is 1. The largest absolute Gasteiger partial charge is 0.483 e. The Kier molecular flexibility index (Phi) is 5.16. The predicted octanol–water partition coefficient (Wildman–Crippen LogP) is 4.08. The van der Waals surface area contributed by atoms with E-state index in [1.807, 2.05) is 54.2 Å². The lowest BCUT2D eigenvalue weighted by atomic mass is 9.98. The number of aromatic amines is 1. The van der Waals surface area contributed by atoms with Gasteiger partial charge in [-0.1, -0.05) is 36.4 Å². The summed E-state index contributed by atoms with van der Waals surface area (Å²) in [4.78, 5) is 15.5. The van der Waals surface area contributed by atoms with E-state index in [2.05, 4.69) is 22.6 Å². The van der Waals surface area contributed by atoms with Gasteiger partial charge in [0.25, 0.3) is 5.91 Å². The number of hydrogen-bond acceptors (Lipinski definition) is 3. The molecule has 0 radical (unpaired) electrons. The molecule has 26 heavy (non-hydrogen) atoms. The Labute approximate surface area is 157 Å². The number of benzene rings is 2. The van der Waals surface area contributed by atoms with Gasteiger partial charge in [0, 0.05) is 29.4 Å². The molecule has 2 heterocycles. The Hall–Kier alpha value is -2.40. The van der Waals surface area contributed by atoms with Crippen LogP contribution in [0, 0.1) is 0 Å². The summed E-state index contributed by atoms with van der Waals surface area (Å²) in [6.45, 7) is 0.540. The summed E-state index contributed by atoms with van der Waals surface area (Å²) in [5, 5.41) is 4.03. The average Bonchev–Trinajstić information content (AvgIpc) is 3.35. The van der Waals surface area contributed by atoms with Crippen molar-refractivity contribution in [2.45, 2.75) is 18.9 Å². The van der Waals surface area contributed by atoms with E-state index in [9.17, 15) is 4.79 Å². The molecule has 5 heteroatoms. The van der Waals surface area contributed by atoms with Gasteiger partial charge >= 0.3 is 0 Å². The van der Waals surface area contributed by atoms with Crippen LogP contribution in [0.5, 0.6) is 5.75 Å². The molecule has 1 aliphatic heterocycles. The zero-order valence-corrected chi connectivity index (χ0v) is 15.4. The number of aromatic nitrogens is 1. The highest BCUT2D eigenvalue weighted by atomic mass is 32.2. The molecular formula is C21H22N2O2S. The van der Waals surface area contributed by atoms with Gasteiger partial charge < -0.3 is 15.0 Å². The van der Waals surface area contributed by atoms with Gasteiger partial charge in [-0.3, -0.25) is 4.79 Å². The summed E-state index contributed by atoms with van der Waals surface area (Å²) in [5.74, 6) is 3.59. The Morgan fingerprint density at radius 2 is 2.08 bits per heavy atom. The van der Waals surface area contributed by atoms with Crippen molar-refractivity contribution in [3.8, 4) is 5.75 Å². The molecular weight excluding hydrogens is 344 g/mol. The van der Waals surface area contributed by atoms with E-state index >= 15 is 0 Å². The number of H-pyrrole nitrogens is 1. The first-order valence-corrected chi connectivity index (χ1v) is 10.1. The summed E-state index contributed by atoms with van der Waals surface area (Å²) < 4.78 is 5.89. The van der Waals surface area contributed by atoms with Crippen LogP contribution in [0.4, 0.5) is 0 Å².